The fraction of sp³-hybridized carbons (Fsp3) is 0.400. The van der Waals surface area contributed by atoms with Gasteiger partial charge >= 0.3 is 0 Å². The number of hydrogen-bond donors (Lipinski definition) is 1. The molecule has 1 heterocycles. The van der Waals surface area contributed by atoms with Gasteiger partial charge in [-0.1, -0.05) is 20.8 Å². The largest absolute Gasteiger partial charge is 0.395 e. The fourth-order valence-electron chi connectivity index (χ4n) is 1.20. The summed E-state index contributed by atoms with van der Waals surface area (Å²) in [5.74, 6) is 0. The Morgan fingerprint density at radius 3 is 2.54 bits per heavy atom. The van der Waals surface area contributed by atoms with Crippen molar-refractivity contribution in [2.24, 2.45) is 4.99 Å². The minimum absolute atomic E-state index is 0.0508. The van der Waals surface area contributed by atoms with Crippen LogP contribution in [0, 0.1) is 0 Å². The van der Waals surface area contributed by atoms with E-state index in [1.807, 2.05) is 0 Å². The monoisotopic (exact) mass is 177 g/mol. The lowest BCUT2D eigenvalue weighted by Gasteiger charge is -2.20. The van der Waals surface area contributed by atoms with E-state index in [2.05, 4.69) is 37.5 Å². The summed E-state index contributed by atoms with van der Waals surface area (Å²) in [6.07, 6.45) is 1.71. The van der Waals surface area contributed by atoms with E-state index in [1.54, 1.807) is 12.3 Å². The Bertz CT molecular complexity index is 323. The van der Waals surface area contributed by atoms with E-state index in [4.69, 9.17) is 5.73 Å². The summed E-state index contributed by atoms with van der Waals surface area (Å²) in [4.78, 5) is 8.07. The third kappa shape index (κ3) is 1.86. The van der Waals surface area contributed by atoms with Gasteiger partial charge in [0.15, 0.2) is 0 Å². The Morgan fingerprint density at radius 2 is 2.08 bits per heavy atom. The van der Waals surface area contributed by atoms with Gasteiger partial charge in [0.05, 0.1) is 17.1 Å². The summed E-state index contributed by atoms with van der Waals surface area (Å²) in [7, 11) is 0. The van der Waals surface area contributed by atoms with E-state index in [0.717, 1.165) is 5.69 Å². The van der Waals surface area contributed by atoms with E-state index in [9.17, 15) is 0 Å². The van der Waals surface area contributed by atoms with E-state index in [1.165, 1.54) is 0 Å². The van der Waals surface area contributed by atoms with Crippen LogP contribution in [0.2, 0.25) is 0 Å². The zero-order valence-electron chi connectivity index (χ0n) is 8.33. The number of anilines is 1. The zero-order valence-corrected chi connectivity index (χ0v) is 8.33. The highest BCUT2D eigenvalue weighted by atomic mass is 14.8. The van der Waals surface area contributed by atoms with Crippen LogP contribution < -0.4 is 5.73 Å². The first-order chi connectivity index (χ1) is 5.96. The molecule has 0 saturated carbocycles. The number of hydrogen-bond acceptors (Lipinski definition) is 3. The topological polar surface area (TPSA) is 51.3 Å². The second kappa shape index (κ2) is 3.17. The molecule has 0 aliphatic carbocycles. The minimum atomic E-state index is -0.0508. The molecule has 0 unspecified atom stereocenters. The molecule has 0 aromatic carbocycles. The molecular formula is C10H15N3. The molecule has 0 amide bonds. The van der Waals surface area contributed by atoms with Gasteiger partial charge in [0.2, 0.25) is 0 Å². The van der Waals surface area contributed by atoms with Crippen molar-refractivity contribution in [3.05, 3.63) is 18.0 Å². The van der Waals surface area contributed by atoms with Crippen molar-refractivity contribution in [3.8, 4) is 0 Å². The summed E-state index contributed by atoms with van der Waals surface area (Å²) < 4.78 is 0. The van der Waals surface area contributed by atoms with Crippen LogP contribution in [0.5, 0.6) is 0 Å². The maximum absolute atomic E-state index is 5.88. The number of nitrogens with two attached hydrogens (primary N) is 1. The molecule has 0 aliphatic rings. The predicted molar refractivity (Wildman–Crippen MR) is 56.6 cm³/mol. The molecule has 3 nitrogen and oxygen atoms in total. The average Bonchev–Trinajstić information content (AvgIpc) is 2.02. The van der Waals surface area contributed by atoms with Crippen molar-refractivity contribution < 1.29 is 0 Å². The molecule has 0 spiro atoms. The number of rotatable bonds is 1. The van der Waals surface area contributed by atoms with Crippen LogP contribution >= 0.6 is 0 Å². The second-order valence-electron chi connectivity index (χ2n) is 4.00. The summed E-state index contributed by atoms with van der Waals surface area (Å²) in [5, 5.41) is 0. The maximum Gasteiger partial charge on any atom is 0.0885 e. The Kier molecular flexibility index (Phi) is 2.36. The van der Waals surface area contributed by atoms with Crippen molar-refractivity contribution in [2.45, 2.75) is 26.2 Å². The van der Waals surface area contributed by atoms with Crippen molar-refractivity contribution in [1.29, 1.82) is 0 Å². The molecule has 1 aromatic rings. The summed E-state index contributed by atoms with van der Waals surface area (Å²) in [5.41, 5.74) is 8.04. The van der Waals surface area contributed by atoms with E-state index >= 15 is 0 Å². The number of nitrogen functional groups attached to an aromatic ring is 1. The minimum Gasteiger partial charge on any atom is -0.395 e. The first-order valence-electron chi connectivity index (χ1n) is 4.18. The third-order valence-electron chi connectivity index (χ3n) is 1.85. The van der Waals surface area contributed by atoms with Crippen LogP contribution in [-0.2, 0) is 5.41 Å². The molecule has 70 valence electrons. The van der Waals surface area contributed by atoms with Crippen molar-refractivity contribution in [2.75, 3.05) is 5.73 Å². The molecule has 0 atom stereocenters. The van der Waals surface area contributed by atoms with Gasteiger partial charge in [-0.2, -0.15) is 0 Å². The standard InChI is InChI=1S/C10H15N3/c1-10(2,3)9-8(11)7(12-4)5-6-13-9/h5-6H,4,11H2,1-3H3. The number of aromatic nitrogens is 1. The Labute approximate surface area is 78.7 Å². The molecule has 2 N–H and O–H groups in total. The van der Waals surface area contributed by atoms with Crippen molar-refractivity contribution in [1.82, 2.24) is 4.98 Å². The quantitative estimate of drug-likeness (QED) is 0.669. The van der Waals surface area contributed by atoms with Crippen LogP contribution in [0.3, 0.4) is 0 Å². The van der Waals surface area contributed by atoms with Gasteiger partial charge < -0.3 is 5.73 Å². The number of aliphatic imine (C=N–C) groups is 1. The SMILES string of the molecule is C=Nc1ccnc(C(C)(C)C)c1N. The predicted octanol–water partition coefficient (Wildman–Crippen LogP) is 2.29. The van der Waals surface area contributed by atoms with E-state index < -0.39 is 0 Å². The molecule has 0 radical (unpaired) electrons. The van der Waals surface area contributed by atoms with E-state index in [0.29, 0.717) is 11.4 Å². The van der Waals surface area contributed by atoms with Gasteiger partial charge in [0, 0.05) is 11.6 Å². The zero-order chi connectivity index (χ0) is 10.1. The van der Waals surface area contributed by atoms with Crippen LogP contribution in [0.15, 0.2) is 17.3 Å². The van der Waals surface area contributed by atoms with Gasteiger partial charge in [0.1, 0.15) is 0 Å². The van der Waals surface area contributed by atoms with Crippen LogP contribution in [0.4, 0.5) is 11.4 Å². The van der Waals surface area contributed by atoms with E-state index in [-0.39, 0.29) is 5.41 Å². The Morgan fingerprint density at radius 1 is 1.46 bits per heavy atom. The van der Waals surface area contributed by atoms with Crippen LogP contribution in [-0.4, -0.2) is 11.7 Å². The molecule has 1 rings (SSSR count). The molecule has 0 aliphatic heterocycles. The Hall–Kier alpha value is -1.38. The van der Waals surface area contributed by atoms with Gasteiger partial charge in [-0.05, 0) is 12.8 Å². The van der Waals surface area contributed by atoms with Crippen molar-refractivity contribution in [3.63, 3.8) is 0 Å². The van der Waals surface area contributed by atoms with Crippen molar-refractivity contribution >= 4 is 18.1 Å². The Balaban J connectivity index is 3.32. The lowest BCUT2D eigenvalue weighted by atomic mass is 9.90. The van der Waals surface area contributed by atoms with Crippen LogP contribution in [0.25, 0.3) is 0 Å². The highest BCUT2D eigenvalue weighted by Gasteiger charge is 2.19. The lowest BCUT2D eigenvalue weighted by Crippen LogP contribution is -2.16. The summed E-state index contributed by atoms with van der Waals surface area (Å²) in [6.45, 7) is 9.66. The molecule has 13 heavy (non-hydrogen) atoms. The number of pyridine rings is 1. The molecule has 0 saturated heterocycles. The molecule has 0 fully saturated rings. The third-order valence-corrected chi connectivity index (χ3v) is 1.85. The van der Waals surface area contributed by atoms with Gasteiger partial charge in [0.25, 0.3) is 0 Å². The smallest absolute Gasteiger partial charge is 0.0885 e. The highest BCUT2D eigenvalue weighted by molar-refractivity contribution is 5.67. The van der Waals surface area contributed by atoms with Gasteiger partial charge in [-0.25, -0.2) is 0 Å². The van der Waals surface area contributed by atoms with Crippen LogP contribution in [0.1, 0.15) is 26.5 Å². The second-order valence-corrected chi connectivity index (χ2v) is 4.00. The highest BCUT2D eigenvalue weighted by Crippen LogP contribution is 2.31. The average molecular weight is 177 g/mol. The van der Waals surface area contributed by atoms with Gasteiger partial charge in [-0.15, -0.1) is 0 Å². The van der Waals surface area contributed by atoms with Gasteiger partial charge in [-0.3, -0.25) is 9.98 Å². The lowest BCUT2D eigenvalue weighted by molar-refractivity contribution is 0.572. The molecular weight excluding hydrogens is 162 g/mol. The molecule has 0 bridgehead atoms. The first-order valence-corrected chi connectivity index (χ1v) is 4.18. The normalized spacial score (nSPS) is 11.3. The summed E-state index contributed by atoms with van der Waals surface area (Å²) >= 11 is 0. The molecule has 1 aromatic heterocycles. The molecule has 3 heteroatoms. The fourth-order valence-corrected chi connectivity index (χ4v) is 1.20. The first kappa shape index (κ1) is 9.71. The number of nitrogens with zero attached hydrogens (tertiary/aromatic N) is 2. The maximum atomic E-state index is 5.88. The summed E-state index contributed by atoms with van der Waals surface area (Å²) in [6, 6.07) is 1.76.